The Kier molecular flexibility index (Phi) is 9.99. The monoisotopic (exact) mass is 665 g/mol. The van der Waals surface area contributed by atoms with Crippen molar-refractivity contribution in [2.24, 2.45) is 5.92 Å². The van der Waals surface area contributed by atoms with Gasteiger partial charge in [0.25, 0.3) is 5.91 Å². The Morgan fingerprint density at radius 1 is 0.980 bits per heavy atom. The van der Waals surface area contributed by atoms with Gasteiger partial charge in [-0.1, -0.05) is 61.5 Å². The van der Waals surface area contributed by atoms with Crippen LogP contribution in [0.1, 0.15) is 61.3 Å². The van der Waals surface area contributed by atoms with Crippen molar-refractivity contribution < 1.29 is 34.1 Å². The zero-order valence-electron chi connectivity index (χ0n) is 28.0. The lowest BCUT2D eigenvalue weighted by Gasteiger charge is -2.36. The molecule has 3 aliphatic heterocycles. The van der Waals surface area contributed by atoms with Crippen LogP contribution in [0, 0.1) is 5.92 Å². The van der Waals surface area contributed by atoms with Gasteiger partial charge in [-0.05, 0) is 66.6 Å². The van der Waals surface area contributed by atoms with E-state index in [4.69, 9.17) is 4.74 Å². The maximum absolute atomic E-state index is 14.2. The molecular formula is C39H43N3O7. The predicted molar refractivity (Wildman–Crippen MR) is 185 cm³/mol. The van der Waals surface area contributed by atoms with E-state index in [-0.39, 0.29) is 49.8 Å². The van der Waals surface area contributed by atoms with E-state index in [2.05, 4.69) is 0 Å². The van der Waals surface area contributed by atoms with Gasteiger partial charge in [0.15, 0.2) is 5.60 Å². The molecule has 256 valence electrons. The Morgan fingerprint density at radius 2 is 1.71 bits per heavy atom. The summed E-state index contributed by atoms with van der Waals surface area (Å²) < 4.78 is 4.75. The number of aliphatic hydroxyl groups is 2. The van der Waals surface area contributed by atoms with Gasteiger partial charge in [0.05, 0.1) is 31.1 Å². The lowest BCUT2D eigenvalue weighted by atomic mass is 9.82. The molecule has 6 rings (SSSR count). The SMILES string of the molecule is COC(=O)CCCCN1C(=O)[C@](O)([C@H](C)/C=C/CC(=O)N2Cc3ccccc3C[C@H]2CO)c2cc(N3C(=O)CCc4ccccc43)ccc21. The number of carbonyl (C=O) groups excluding carboxylic acids is 4. The van der Waals surface area contributed by atoms with Gasteiger partial charge < -0.3 is 24.7 Å². The second kappa shape index (κ2) is 14.4. The number of hydrogen-bond donors (Lipinski definition) is 2. The summed E-state index contributed by atoms with van der Waals surface area (Å²) in [7, 11) is 1.34. The molecule has 0 aromatic heterocycles. The quantitative estimate of drug-likeness (QED) is 0.173. The number of esters is 1. The third kappa shape index (κ3) is 6.50. The van der Waals surface area contributed by atoms with Crippen molar-refractivity contribution in [3.8, 4) is 0 Å². The Bertz CT molecular complexity index is 1790. The van der Waals surface area contributed by atoms with Crippen LogP contribution < -0.4 is 9.80 Å². The Morgan fingerprint density at radius 3 is 2.47 bits per heavy atom. The fraction of sp³-hybridized carbons (Fsp3) is 0.385. The van der Waals surface area contributed by atoms with Crippen LogP contribution in [0.15, 0.2) is 78.9 Å². The Hall–Kier alpha value is -4.80. The molecule has 0 radical (unpaired) electrons. The summed E-state index contributed by atoms with van der Waals surface area (Å²) in [4.78, 5) is 57.4. The molecule has 2 N–H and O–H groups in total. The highest BCUT2D eigenvalue weighted by atomic mass is 16.5. The fourth-order valence-corrected chi connectivity index (χ4v) is 7.32. The average molecular weight is 666 g/mol. The van der Waals surface area contributed by atoms with Gasteiger partial charge in [-0.3, -0.25) is 24.1 Å². The number of nitrogens with zero attached hydrogens (tertiary/aromatic N) is 3. The summed E-state index contributed by atoms with van der Waals surface area (Å²) in [6.07, 6.45) is 6.22. The first-order chi connectivity index (χ1) is 23.7. The number of unbranched alkanes of at least 4 members (excludes halogenated alkanes) is 1. The number of fused-ring (bicyclic) bond motifs is 3. The van der Waals surface area contributed by atoms with Crippen molar-refractivity contribution in [1.82, 2.24) is 4.90 Å². The van der Waals surface area contributed by atoms with E-state index in [0.29, 0.717) is 55.6 Å². The third-order valence-corrected chi connectivity index (χ3v) is 10.1. The van der Waals surface area contributed by atoms with Crippen molar-refractivity contribution in [3.63, 3.8) is 0 Å². The minimum atomic E-state index is -1.97. The van der Waals surface area contributed by atoms with Gasteiger partial charge in [-0.25, -0.2) is 0 Å². The van der Waals surface area contributed by atoms with Crippen molar-refractivity contribution in [2.45, 2.75) is 70.1 Å². The second-order valence-electron chi connectivity index (χ2n) is 13.1. The molecule has 3 amide bonds. The zero-order valence-corrected chi connectivity index (χ0v) is 28.0. The molecule has 3 heterocycles. The molecule has 0 aliphatic carbocycles. The molecule has 0 saturated carbocycles. The van der Waals surface area contributed by atoms with Crippen LogP contribution in [0.5, 0.6) is 0 Å². The molecule has 3 aromatic carbocycles. The van der Waals surface area contributed by atoms with Gasteiger partial charge in [0.1, 0.15) is 0 Å². The van der Waals surface area contributed by atoms with Crippen molar-refractivity contribution in [3.05, 3.63) is 101 Å². The maximum atomic E-state index is 14.2. The first-order valence-corrected chi connectivity index (χ1v) is 17.0. The minimum absolute atomic E-state index is 0.0382. The molecule has 0 unspecified atom stereocenters. The highest BCUT2D eigenvalue weighted by Crippen LogP contribution is 2.48. The molecule has 3 aromatic rings. The van der Waals surface area contributed by atoms with E-state index in [9.17, 15) is 29.4 Å². The zero-order chi connectivity index (χ0) is 34.7. The predicted octanol–water partition coefficient (Wildman–Crippen LogP) is 4.70. The molecule has 10 nitrogen and oxygen atoms in total. The number of methoxy groups -OCH3 is 1. The van der Waals surface area contributed by atoms with Crippen LogP contribution >= 0.6 is 0 Å². The fourth-order valence-electron chi connectivity index (χ4n) is 7.32. The van der Waals surface area contributed by atoms with Crippen LogP contribution in [0.2, 0.25) is 0 Å². The van der Waals surface area contributed by atoms with E-state index in [1.807, 2.05) is 48.5 Å². The second-order valence-corrected chi connectivity index (χ2v) is 13.1. The number of anilines is 3. The molecule has 3 aliphatic rings. The topological polar surface area (TPSA) is 128 Å². The normalized spacial score (nSPS) is 20.7. The smallest absolute Gasteiger partial charge is 0.305 e. The summed E-state index contributed by atoms with van der Waals surface area (Å²) in [5, 5.41) is 22.4. The number of rotatable bonds is 11. The summed E-state index contributed by atoms with van der Waals surface area (Å²) in [5.41, 5.74) is 3.51. The van der Waals surface area contributed by atoms with Crippen LogP contribution in [-0.2, 0) is 48.9 Å². The van der Waals surface area contributed by atoms with E-state index in [1.54, 1.807) is 52.0 Å². The van der Waals surface area contributed by atoms with Gasteiger partial charge in [-0.2, -0.15) is 0 Å². The van der Waals surface area contributed by atoms with Gasteiger partial charge in [-0.15, -0.1) is 0 Å². The van der Waals surface area contributed by atoms with Crippen molar-refractivity contribution in [2.75, 3.05) is 30.1 Å². The summed E-state index contributed by atoms with van der Waals surface area (Å²) >= 11 is 0. The number of carbonyl (C=O) groups is 4. The molecule has 10 heteroatoms. The highest BCUT2D eigenvalue weighted by Gasteiger charge is 2.52. The summed E-state index contributed by atoms with van der Waals surface area (Å²) in [6.45, 7) is 2.29. The van der Waals surface area contributed by atoms with Crippen LogP contribution in [0.4, 0.5) is 17.1 Å². The standard InChI is InChI=1S/C39H43N3O7/c1-26(10-9-15-35(44)41-24-29-13-4-3-12-28(29)22-31(41)25-43)39(48)32-23-30(42-33-14-6-5-11-27(33)17-20-36(42)45)18-19-34(32)40(38(39)47)21-8-7-16-37(46)49-2/h3-6,9-14,18-19,23,26,31,43,48H,7-8,15-17,20-22,24-25H2,1-2H3/b10-9+/t26-,31+,39+/m1/s1. The number of benzene rings is 3. The lowest BCUT2D eigenvalue weighted by molar-refractivity contribution is -0.140. The molecule has 0 spiro atoms. The van der Waals surface area contributed by atoms with Crippen molar-refractivity contribution >= 4 is 40.8 Å². The van der Waals surface area contributed by atoms with E-state index in [1.165, 1.54) is 7.11 Å². The van der Waals surface area contributed by atoms with Crippen LogP contribution in [-0.4, -0.2) is 65.1 Å². The van der Waals surface area contributed by atoms with Gasteiger partial charge >= 0.3 is 5.97 Å². The maximum Gasteiger partial charge on any atom is 0.305 e. The summed E-state index contributed by atoms with van der Waals surface area (Å²) in [6, 6.07) is 20.6. The number of ether oxygens (including phenoxy) is 1. The van der Waals surface area contributed by atoms with Crippen LogP contribution in [0.25, 0.3) is 0 Å². The Balaban J connectivity index is 1.27. The largest absolute Gasteiger partial charge is 0.469 e. The molecule has 0 saturated heterocycles. The minimum Gasteiger partial charge on any atom is -0.469 e. The molecular weight excluding hydrogens is 622 g/mol. The Labute approximate surface area is 286 Å². The van der Waals surface area contributed by atoms with Gasteiger partial charge in [0.2, 0.25) is 11.8 Å². The third-order valence-electron chi connectivity index (χ3n) is 10.1. The van der Waals surface area contributed by atoms with Crippen LogP contribution in [0.3, 0.4) is 0 Å². The first-order valence-electron chi connectivity index (χ1n) is 17.0. The number of aliphatic hydroxyl groups excluding tert-OH is 1. The molecule has 0 fully saturated rings. The van der Waals surface area contributed by atoms with E-state index < -0.39 is 17.4 Å². The van der Waals surface area contributed by atoms with Gasteiger partial charge in [0, 0.05) is 49.5 Å². The number of amides is 3. The van der Waals surface area contributed by atoms with E-state index in [0.717, 1.165) is 22.4 Å². The highest BCUT2D eigenvalue weighted by molar-refractivity contribution is 6.09. The van der Waals surface area contributed by atoms with E-state index >= 15 is 0 Å². The number of hydrogen-bond acceptors (Lipinski definition) is 7. The molecule has 49 heavy (non-hydrogen) atoms. The number of aryl methyl sites for hydroxylation is 1. The lowest BCUT2D eigenvalue weighted by Crippen LogP contribution is -2.46. The summed E-state index contributed by atoms with van der Waals surface area (Å²) in [5.74, 6) is -1.78. The average Bonchev–Trinajstić information content (AvgIpc) is 3.34. The molecule has 0 bridgehead atoms. The van der Waals surface area contributed by atoms with Crippen molar-refractivity contribution in [1.29, 1.82) is 0 Å². The molecule has 3 atom stereocenters. The first kappa shape index (κ1) is 34.1. The number of para-hydroxylation sites is 1.